The molecule has 230 valence electrons. The van der Waals surface area contributed by atoms with Crippen molar-refractivity contribution in [2.75, 3.05) is 19.8 Å². The van der Waals surface area contributed by atoms with Crippen LogP contribution in [0.5, 0.6) is 0 Å². The molecule has 4 aliphatic carbocycles. The SMILES string of the molecule is CCCCOC(=O)C(CC(C)C(=O)O)CC(CC1C(=O)N(C23CC4CC(CC(C4)C2)C3)C(=O)C1C)C(=O)OCCO. The molecule has 0 spiro atoms. The third kappa shape index (κ3) is 6.78. The van der Waals surface area contributed by atoms with E-state index in [4.69, 9.17) is 9.47 Å². The van der Waals surface area contributed by atoms with Gasteiger partial charge in [0.05, 0.1) is 42.4 Å². The van der Waals surface area contributed by atoms with E-state index >= 15 is 0 Å². The van der Waals surface area contributed by atoms with E-state index in [0.29, 0.717) is 24.2 Å². The second-order valence-electron chi connectivity index (χ2n) is 13.3. The fraction of sp³-hybridized carbons (Fsp3) is 0.839. The van der Waals surface area contributed by atoms with E-state index in [9.17, 15) is 34.2 Å². The Morgan fingerprint density at radius 1 is 0.927 bits per heavy atom. The molecule has 1 heterocycles. The first-order chi connectivity index (χ1) is 19.5. The van der Waals surface area contributed by atoms with E-state index in [-0.39, 0.29) is 50.9 Å². The smallest absolute Gasteiger partial charge is 0.309 e. The van der Waals surface area contributed by atoms with Crippen molar-refractivity contribution in [3.63, 3.8) is 0 Å². The minimum absolute atomic E-state index is 0.0130. The molecular weight excluding hydrogens is 530 g/mol. The number of nitrogens with zero attached hydrogens (tertiary/aromatic N) is 1. The number of esters is 2. The molecule has 4 saturated carbocycles. The van der Waals surface area contributed by atoms with Crippen LogP contribution in [0.25, 0.3) is 0 Å². The van der Waals surface area contributed by atoms with E-state index in [1.165, 1.54) is 26.2 Å². The average Bonchev–Trinajstić information content (AvgIpc) is 3.13. The molecule has 5 atom stereocenters. The number of carboxylic acids is 1. The van der Waals surface area contributed by atoms with Crippen molar-refractivity contribution in [1.29, 1.82) is 0 Å². The standard InChI is InChI=1S/C31H47NO9/c1-4-5-7-40-29(38)23(9-18(2)28(36)37)13-24(30(39)41-8-6-33)14-25-19(3)26(34)32(27(25)35)31-15-20-10-21(16-31)12-22(11-20)17-31/h18-25,33H,4-17H2,1-3H3,(H,36,37). The topological polar surface area (TPSA) is 148 Å². The van der Waals surface area contributed by atoms with Gasteiger partial charge >= 0.3 is 17.9 Å². The normalized spacial score (nSPS) is 32.6. The number of aliphatic hydroxyl groups excluding tert-OH is 1. The molecule has 5 fully saturated rings. The molecule has 5 rings (SSSR count). The highest BCUT2D eigenvalue weighted by Gasteiger charge is 2.60. The molecule has 41 heavy (non-hydrogen) atoms. The lowest BCUT2D eigenvalue weighted by atomic mass is 9.52. The summed E-state index contributed by atoms with van der Waals surface area (Å²) in [6.45, 7) is 4.77. The van der Waals surface area contributed by atoms with Gasteiger partial charge in [0.15, 0.2) is 0 Å². The van der Waals surface area contributed by atoms with Crippen LogP contribution in [0, 0.1) is 47.3 Å². The Balaban J connectivity index is 1.55. The van der Waals surface area contributed by atoms with Crippen LogP contribution in [0.4, 0.5) is 0 Å². The third-order valence-electron chi connectivity index (χ3n) is 10.1. The zero-order chi connectivity index (χ0) is 29.9. The molecule has 5 unspecified atom stereocenters. The Kier molecular flexibility index (Phi) is 10.1. The number of rotatable bonds is 15. The number of unbranched alkanes of at least 4 members (excludes halogenated alkanes) is 1. The maximum Gasteiger partial charge on any atom is 0.309 e. The first kappa shape index (κ1) is 31.4. The van der Waals surface area contributed by atoms with Crippen molar-refractivity contribution in [1.82, 2.24) is 4.90 Å². The molecule has 2 N–H and O–H groups in total. The van der Waals surface area contributed by atoms with Crippen LogP contribution < -0.4 is 0 Å². The molecule has 0 aromatic heterocycles. The lowest BCUT2D eigenvalue weighted by molar-refractivity contribution is -0.159. The van der Waals surface area contributed by atoms with E-state index in [1.54, 1.807) is 11.8 Å². The fourth-order valence-corrected chi connectivity index (χ4v) is 8.43. The van der Waals surface area contributed by atoms with Crippen molar-refractivity contribution >= 4 is 29.7 Å². The number of likely N-dealkylation sites (tertiary alicyclic amines) is 1. The predicted molar refractivity (Wildman–Crippen MR) is 147 cm³/mol. The summed E-state index contributed by atoms with van der Waals surface area (Å²) >= 11 is 0. The van der Waals surface area contributed by atoms with Crippen molar-refractivity contribution in [2.24, 2.45) is 47.3 Å². The van der Waals surface area contributed by atoms with Crippen LogP contribution in [0.15, 0.2) is 0 Å². The van der Waals surface area contributed by atoms with Crippen molar-refractivity contribution in [3.05, 3.63) is 0 Å². The summed E-state index contributed by atoms with van der Waals surface area (Å²) in [4.78, 5) is 67.1. The first-order valence-corrected chi connectivity index (χ1v) is 15.5. The van der Waals surface area contributed by atoms with Gasteiger partial charge in [-0.1, -0.05) is 27.2 Å². The van der Waals surface area contributed by atoms with Crippen molar-refractivity contribution in [3.8, 4) is 0 Å². The van der Waals surface area contributed by atoms with Crippen molar-refractivity contribution < 1.29 is 43.7 Å². The van der Waals surface area contributed by atoms with Gasteiger partial charge < -0.3 is 19.7 Å². The highest BCUT2D eigenvalue weighted by atomic mass is 16.5. The molecule has 10 nitrogen and oxygen atoms in total. The Bertz CT molecular complexity index is 974. The fourth-order valence-electron chi connectivity index (χ4n) is 8.43. The molecular formula is C31H47NO9. The number of hydrogen-bond donors (Lipinski definition) is 2. The number of hydrogen-bond acceptors (Lipinski definition) is 8. The summed E-state index contributed by atoms with van der Waals surface area (Å²) in [6, 6.07) is 0. The molecule has 4 bridgehead atoms. The number of amides is 2. The summed E-state index contributed by atoms with van der Waals surface area (Å²) in [6.07, 6.45) is 7.50. The number of aliphatic carboxylic acids is 1. The van der Waals surface area contributed by atoms with Crippen LogP contribution in [-0.2, 0) is 33.4 Å². The maximum absolute atomic E-state index is 14.0. The zero-order valence-electron chi connectivity index (χ0n) is 24.7. The average molecular weight is 578 g/mol. The van der Waals surface area contributed by atoms with Gasteiger partial charge in [0.25, 0.3) is 0 Å². The van der Waals surface area contributed by atoms with Gasteiger partial charge in [-0.3, -0.25) is 28.9 Å². The molecule has 0 aromatic carbocycles. The van der Waals surface area contributed by atoms with Crippen LogP contribution in [-0.4, -0.2) is 70.2 Å². The third-order valence-corrected chi connectivity index (χ3v) is 10.1. The van der Waals surface area contributed by atoms with Crippen LogP contribution >= 0.6 is 0 Å². The Hall–Kier alpha value is -2.49. The van der Waals surface area contributed by atoms with E-state index < -0.39 is 53.0 Å². The monoisotopic (exact) mass is 577 g/mol. The Morgan fingerprint density at radius 2 is 1.49 bits per heavy atom. The lowest BCUT2D eigenvalue weighted by Gasteiger charge is -2.59. The van der Waals surface area contributed by atoms with Gasteiger partial charge in [-0.2, -0.15) is 0 Å². The molecule has 5 aliphatic rings. The number of imide groups is 1. The van der Waals surface area contributed by atoms with Gasteiger partial charge in [-0.25, -0.2) is 0 Å². The Morgan fingerprint density at radius 3 is 2.02 bits per heavy atom. The quantitative estimate of drug-likeness (QED) is 0.169. The molecule has 0 aromatic rings. The van der Waals surface area contributed by atoms with E-state index in [0.717, 1.165) is 25.7 Å². The first-order valence-electron chi connectivity index (χ1n) is 15.5. The molecule has 1 saturated heterocycles. The van der Waals surface area contributed by atoms with Gasteiger partial charge in [0, 0.05) is 5.92 Å². The van der Waals surface area contributed by atoms with Gasteiger partial charge in [0.1, 0.15) is 6.61 Å². The summed E-state index contributed by atoms with van der Waals surface area (Å²) in [5, 5.41) is 18.7. The van der Waals surface area contributed by atoms with Crippen molar-refractivity contribution in [2.45, 2.75) is 96.9 Å². The number of ether oxygens (including phenoxy) is 2. The molecule has 0 radical (unpaired) electrons. The summed E-state index contributed by atoms with van der Waals surface area (Å²) in [5.41, 5.74) is -0.429. The minimum Gasteiger partial charge on any atom is -0.481 e. The molecule has 10 heteroatoms. The summed E-state index contributed by atoms with van der Waals surface area (Å²) in [7, 11) is 0. The van der Waals surface area contributed by atoms with Crippen LogP contribution in [0.1, 0.15) is 91.4 Å². The Labute approximate surface area is 242 Å². The van der Waals surface area contributed by atoms with Crippen LogP contribution in [0.2, 0.25) is 0 Å². The number of carbonyl (C=O) groups is 5. The second-order valence-corrected chi connectivity index (χ2v) is 13.3. The van der Waals surface area contributed by atoms with Gasteiger partial charge in [0.2, 0.25) is 11.8 Å². The van der Waals surface area contributed by atoms with Gasteiger partial charge in [-0.15, -0.1) is 0 Å². The van der Waals surface area contributed by atoms with Gasteiger partial charge in [-0.05, 0) is 82.0 Å². The van der Waals surface area contributed by atoms with Crippen LogP contribution in [0.3, 0.4) is 0 Å². The molecule has 2 amide bonds. The van der Waals surface area contributed by atoms with E-state index in [2.05, 4.69) is 0 Å². The summed E-state index contributed by atoms with van der Waals surface area (Å²) in [5.74, 6) is -5.14. The number of carboxylic acid groups (broad SMARTS) is 1. The lowest BCUT2D eigenvalue weighted by Crippen LogP contribution is -2.61. The largest absolute Gasteiger partial charge is 0.481 e. The van der Waals surface area contributed by atoms with E-state index in [1.807, 2.05) is 6.92 Å². The second kappa shape index (κ2) is 13.2. The zero-order valence-corrected chi connectivity index (χ0v) is 24.7. The number of aliphatic hydroxyl groups is 1. The number of carbonyl (C=O) groups excluding carboxylic acids is 4. The maximum atomic E-state index is 14.0. The highest BCUT2D eigenvalue weighted by Crippen LogP contribution is 2.59. The summed E-state index contributed by atoms with van der Waals surface area (Å²) < 4.78 is 10.7. The highest BCUT2D eigenvalue weighted by molar-refractivity contribution is 6.06. The molecule has 1 aliphatic heterocycles. The minimum atomic E-state index is -1.06. The predicted octanol–water partition coefficient (Wildman–Crippen LogP) is 3.58.